The number of amides is 1. The minimum Gasteiger partial charge on any atom is -0.340 e. The van der Waals surface area contributed by atoms with Crippen LogP contribution in [-0.2, 0) is 6.54 Å². The maximum absolute atomic E-state index is 13.5. The topological polar surface area (TPSA) is 65.8 Å². The molecule has 7 heteroatoms. The van der Waals surface area contributed by atoms with Gasteiger partial charge in [-0.25, -0.2) is 9.67 Å². The molecule has 2 aliphatic heterocycles. The lowest BCUT2D eigenvalue weighted by molar-refractivity contribution is 0.0866. The Balaban J connectivity index is 1.45. The number of rotatable bonds is 4. The molecule has 6 rings (SSSR count). The highest BCUT2D eigenvalue weighted by atomic mass is 16.2. The van der Waals surface area contributed by atoms with Crippen molar-refractivity contribution in [2.75, 3.05) is 17.3 Å². The minimum atomic E-state index is -0.0155. The SMILES string of the molecule is CN1C(=O)c2c(nn(CC3CCCCC3)c2Nc2ccccc2)N2C1=N[C@@H]1CCC[C@@H]12. The zero-order chi connectivity index (χ0) is 20.9. The molecule has 4 aliphatic rings. The summed E-state index contributed by atoms with van der Waals surface area (Å²) in [6, 6.07) is 10.7. The van der Waals surface area contributed by atoms with E-state index < -0.39 is 0 Å². The van der Waals surface area contributed by atoms with Crippen molar-refractivity contribution in [1.29, 1.82) is 0 Å². The van der Waals surface area contributed by atoms with Crippen molar-refractivity contribution < 1.29 is 4.79 Å². The molecule has 0 bridgehead atoms. The van der Waals surface area contributed by atoms with Gasteiger partial charge in [0.2, 0.25) is 5.96 Å². The van der Waals surface area contributed by atoms with E-state index in [4.69, 9.17) is 10.1 Å². The van der Waals surface area contributed by atoms with E-state index in [0.29, 0.717) is 17.5 Å². The Bertz CT molecular complexity index is 1020. The fourth-order valence-electron chi connectivity index (χ4n) is 5.84. The van der Waals surface area contributed by atoms with E-state index in [1.807, 2.05) is 37.4 Å². The fourth-order valence-corrected chi connectivity index (χ4v) is 5.84. The third-order valence-electron chi connectivity index (χ3n) is 7.45. The number of nitrogens with zero attached hydrogens (tertiary/aromatic N) is 5. The highest BCUT2D eigenvalue weighted by molar-refractivity contribution is 6.21. The first kappa shape index (κ1) is 18.9. The molecule has 31 heavy (non-hydrogen) atoms. The van der Waals surface area contributed by atoms with Crippen molar-refractivity contribution in [1.82, 2.24) is 14.7 Å². The second-order valence-corrected chi connectivity index (χ2v) is 9.45. The number of para-hydroxylation sites is 1. The molecule has 162 valence electrons. The molecule has 7 nitrogen and oxygen atoms in total. The largest absolute Gasteiger partial charge is 0.340 e. The summed E-state index contributed by atoms with van der Waals surface area (Å²) in [5, 5.41) is 8.63. The number of fused-ring (bicyclic) bond motifs is 5. The van der Waals surface area contributed by atoms with Crippen molar-refractivity contribution in [3.63, 3.8) is 0 Å². The minimum absolute atomic E-state index is 0.0155. The predicted octanol–water partition coefficient (Wildman–Crippen LogP) is 4.39. The van der Waals surface area contributed by atoms with Crippen molar-refractivity contribution in [3.8, 4) is 0 Å². The highest BCUT2D eigenvalue weighted by Crippen LogP contribution is 2.43. The van der Waals surface area contributed by atoms with E-state index in [2.05, 4.69) is 14.9 Å². The van der Waals surface area contributed by atoms with E-state index in [9.17, 15) is 4.79 Å². The Labute approximate surface area is 183 Å². The maximum atomic E-state index is 13.5. The zero-order valence-corrected chi connectivity index (χ0v) is 18.1. The second-order valence-electron chi connectivity index (χ2n) is 9.45. The standard InChI is InChI=1S/C24H30N6O/c1-28-23(31)20-21(25-17-11-6-3-7-12-17)29(15-16-9-4-2-5-10-16)27-22(20)30-19-14-8-13-18(19)26-24(28)30/h3,6-7,11-12,16,18-19,25H,2,4-5,8-10,13-15H2,1H3/t18-,19+/m1/s1. The number of carbonyl (C=O) groups is 1. The lowest BCUT2D eigenvalue weighted by Gasteiger charge is -2.34. The van der Waals surface area contributed by atoms with Crippen LogP contribution in [0.15, 0.2) is 35.3 Å². The van der Waals surface area contributed by atoms with E-state index in [1.54, 1.807) is 4.90 Å². The average Bonchev–Trinajstić information content (AvgIpc) is 3.47. The van der Waals surface area contributed by atoms with Crippen LogP contribution in [0.3, 0.4) is 0 Å². The van der Waals surface area contributed by atoms with Crippen LogP contribution in [0.5, 0.6) is 0 Å². The molecule has 2 aliphatic carbocycles. The van der Waals surface area contributed by atoms with Gasteiger partial charge in [0.25, 0.3) is 5.91 Å². The highest BCUT2D eigenvalue weighted by Gasteiger charge is 2.49. The van der Waals surface area contributed by atoms with E-state index in [0.717, 1.165) is 42.7 Å². The van der Waals surface area contributed by atoms with Gasteiger partial charge in [0.1, 0.15) is 11.4 Å². The van der Waals surface area contributed by atoms with Gasteiger partial charge in [0.05, 0.1) is 12.1 Å². The summed E-state index contributed by atoms with van der Waals surface area (Å²) in [6.07, 6.45) is 9.79. The Morgan fingerprint density at radius 3 is 2.65 bits per heavy atom. The van der Waals surface area contributed by atoms with Gasteiger partial charge in [-0.1, -0.05) is 37.5 Å². The number of carbonyl (C=O) groups excluding carboxylic acids is 1. The van der Waals surface area contributed by atoms with Crippen LogP contribution in [0.1, 0.15) is 61.7 Å². The van der Waals surface area contributed by atoms with Crippen molar-refractivity contribution in [2.45, 2.75) is 70.0 Å². The Kier molecular flexibility index (Phi) is 4.51. The van der Waals surface area contributed by atoms with Crippen molar-refractivity contribution in [3.05, 3.63) is 35.9 Å². The molecular weight excluding hydrogens is 388 g/mol. The molecule has 1 amide bonds. The molecule has 0 unspecified atom stereocenters. The molecule has 2 aromatic rings. The number of hydrogen-bond donors (Lipinski definition) is 1. The zero-order valence-electron chi connectivity index (χ0n) is 18.1. The summed E-state index contributed by atoms with van der Waals surface area (Å²) in [5.74, 6) is 3.00. The van der Waals surface area contributed by atoms with E-state index >= 15 is 0 Å². The molecule has 2 atom stereocenters. The van der Waals surface area contributed by atoms with E-state index in [-0.39, 0.29) is 11.9 Å². The molecular formula is C24H30N6O. The Hall–Kier alpha value is -2.83. The average molecular weight is 419 g/mol. The summed E-state index contributed by atoms with van der Waals surface area (Å²) >= 11 is 0. The van der Waals surface area contributed by atoms with Crippen molar-refractivity contribution >= 4 is 29.2 Å². The van der Waals surface area contributed by atoms with Crippen LogP contribution in [0.4, 0.5) is 17.3 Å². The summed E-state index contributed by atoms with van der Waals surface area (Å²) in [7, 11) is 1.85. The number of hydrogen-bond acceptors (Lipinski definition) is 5. The van der Waals surface area contributed by atoms with Gasteiger partial charge in [-0.3, -0.25) is 14.6 Å². The molecule has 0 saturated heterocycles. The van der Waals surface area contributed by atoms with Crippen LogP contribution in [0, 0.1) is 5.92 Å². The van der Waals surface area contributed by atoms with Gasteiger partial charge in [-0.2, -0.15) is 5.10 Å². The summed E-state index contributed by atoms with van der Waals surface area (Å²) in [4.78, 5) is 22.4. The van der Waals surface area contributed by atoms with Crippen LogP contribution in [0.25, 0.3) is 0 Å². The number of aromatic nitrogens is 2. The monoisotopic (exact) mass is 418 g/mol. The Morgan fingerprint density at radius 1 is 1.03 bits per heavy atom. The third-order valence-corrected chi connectivity index (χ3v) is 7.45. The van der Waals surface area contributed by atoms with Gasteiger partial charge in [0, 0.05) is 19.3 Å². The van der Waals surface area contributed by atoms with Crippen molar-refractivity contribution in [2.24, 2.45) is 10.9 Å². The number of aliphatic imine (C=N–C) groups is 1. The molecule has 2 fully saturated rings. The first-order valence-electron chi connectivity index (χ1n) is 11.8. The first-order valence-corrected chi connectivity index (χ1v) is 11.8. The Morgan fingerprint density at radius 2 is 1.84 bits per heavy atom. The summed E-state index contributed by atoms with van der Waals surface area (Å²) < 4.78 is 2.07. The third kappa shape index (κ3) is 3.05. The normalized spacial score (nSPS) is 25.3. The molecule has 1 N–H and O–H groups in total. The lowest BCUT2D eigenvalue weighted by atomic mass is 9.89. The predicted molar refractivity (Wildman–Crippen MR) is 122 cm³/mol. The number of nitrogens with one attached hydrogen (secondary N) is 1. The second kappa shape index (κ2) is 7.39. The molecule has 0 spiro atoms. The molecule has 2 saturated carbocycles. The van der Waals surface area contributed by atoms with Gasteiger partial charge in [0.15, 0.2) is 5.82 Å². The molecule has 3 heterocycles. The fraction of sp³-hybridized carbons (Fsp3) is 0.542. The number of guanidine groups is 1. The first-order chi connectivity index (χ1) is 15.2. The van der Waals surface area contributed by atoms with Crippen LogP contribution >= 0.6 is 0 Å². The maximum Gasteiger partial charge on any atom is 0.267 e. The van der Waals surface area contributed by atoms with Gasteiger partial charge >= 0.3 is 0 Å². The number of benzene rings is 1. The van der Waals surface area contributed by atoms with Crippen LogP contribution in [0.2, 0.25) is 0 Å². The van der Waals surface area contributed by atoms with E-state index in [1.165, 1.54) is 38.5 Å². The smallest absolute Gasteiger partial charge is 0.267 e. The van der Waals surface area contributed by atoms with Gasteiger partial charge in [-0.05, 0) is 50.2 Å². The molecule has 1 aromatic carbocycles. The number of anilines is 3. The van der Waals surface area contributed by atoms with Crippen LogP contribution < -0.4 is 10.2 Å². The van der Waals surface area contributed by atoms with Crippen LogP contribution in [-0.4, -0.2) is 45.7 Å². The molecule has 0 radical (unpaired) electrons. The van der Waals surface area contributed by atoms with Gasteiger partial charge < -0.3 is 5.32 Å². The quantitative estimate of drug-likeness (QED) is 0.800. The summed E-state index contributed by atoms with van der Waals surface area (Å²) in [5.41, 5.74) is 1.67. The van der Waals surface area contributed by atoms with Gasteiger partial charge in [-0.15, -0.1) is 0 Å². The molecule has 1 aromatic heterocycles. The lowest BCUT2D eigenvalue weighted by Crippen LogP contribution is -2.51. The summed E-state index contributed by atoms with van der Waals surface area (Å²) in [6.45, 7) is 0.855.